The molecule has 4 nitrogen and oxygen atoms in total. The molecule has 2 aromatic rings. The number of hydrogen-bond acceptors (Lipinski definition) is 3. The zero-order valence-electron chi connectivity index (χ0n) is 9.67. The molecule has 0 N–H and O–H groups in total. The van der Waals surface area contributed by atoms with Crippen LogP contribution in [0.25, 0.3) is 0 Å². The van der Waals surface area contributed by atoms with Crippen LogP contribution in [0.3, 0.4) is 0 Å². The highest BCUT2D eigenvalue weighted by atomic mass is 79.9. The lowest BCUT2D eigenvalue weighted by Crippen LogP contribution is -2.29. The molecule has 1 amide bonds. The maximum Gasteiger partial charge on any atom is 0.229 e. The number of aryl methyl sites for hydroxylation is 1. The van der Waals surface area contributed by atoms with Gasteiger partial charge in [0.2, 0.25) is 11.9 Å². The fourth-order valence-corrected chi connectivity index (χ4v) is 3.47. The molecule has 0 aromatic carbocycles. The topological polar surface area (TPSA) is 38.1 Å². The first-order valence-corrected chi connectivity index (χ1v) is 7.46. The zero-order valence-corrected chi connectivity index (χ0v) is 12.1. The number of fused-ring (bicyclic) bond motifs is 1. The number of thiophene rings is 1. The Morgan fingerprint density at radius 2 is 2.39 bits per heavy atom. The molecule has 3 rings (SSSR count). The lowest BCUT2D eigenvalue weighted by molar-refractivity contribution is -0.118. The predicted octanol–water partition coefficient (Wildman–Crippen LogP) is 2.69. The van der Waals surface area contributed by atoms with Gasteiger partial charge in [0.05, 0.1) is 3.79 Å². The molecule has 94 valence electrons. The maximum atomic E-state index is 12.2. The Hall–Kier alpha value is -1.14. The van der Waals surface area contributed by atoms with Gasteiger partial charge >= 0.3 is 0 Å². The van der Waals surface area contributed by atoms with Crippen molar-refractivity contribution >= 4 is 39.1 Å². The molecule has 0 radical (unpaired) electrons. The van der Waals surface area contributed by atoms with Gasteiger partial charge in [-0.3, -0.25) is 9.69 Å². The van der Waals surface area contributed by atoms with Crippen LogP contribution in [0.1, 0.15) is 12.0 Å². The van der Waals surface area contributed by atoms with Crippen LogP contribution in [-0.2, 0) is 17.8 Å². The van der Waals surface area contributed by atoms with E-state index in [9.17, 15) is 4.79 Å². The fourth-order valence-electron chi connectivity index (χ4n) is 2.14. The Morgan fingerprint density at radius 1 is 1.50 bits per heavy atom. The minimum Gasteiger partial charge on any atom is -0.315 e. The summed E-state index contributed by atoms with van der Waals surface area (Å²) in [5.74, 6) is 0.933. The van der Waals surface area contributed by atoms with Crippen LogP contribution < -0.4 is 4.90 Å². The van der Waals surface area contributed by atoms with Crippen LogP contribution >= 0.6 is 27.3 Å². The van der Waals surface area contributed by atoms with Gasteiger partial charge in [0.25, 0.3) is 0 Å². The van der Waals surface area contributed by atoms with Crippen LogP contribution in [-0.4, -0.2) is 22.0 Å². The number of carbonyl (C=O) groups excluding carboxylic acids is 1. The summed E-state index contributed by atoms with van der Waals surface area (Å²) < 4.78 is 3.14. The van der Waals surface area contributed by atoms with Crippen molar-refractivity contribution in [3.63, 3.8) is 0 Å². The van der Waals surface area contributed by atoms with Gasteiger partial charge in [-0.15, -0.1) is 11.3 Å². The highest BCUT2D eigenvalue weighted by Gasteiger charge is 2.25. The van der Waals surface area contributed by atoms with E-state index in [1.54, 1.807) is 22.4 Å². The highest BCUT2D eigenvalue weighted by molar-refractivity contribution is 9.11. The van der Waals surface area contributed by atoms with Gasteiger partial charge in [0.15, 0.2) is 0 Å². The van der Waals surface area contributed by atoms with E-state index in [0.717, 1.165) is 29.2 Å². The van der Waals surface area contributed by atoms with Gasteiger partial charge in [-0.25, -0.2) is 4.98 Å². The average Bonchev–Trinajstić information content (AvgIpc) is 3.01. The number of halogens is 1. The van der Waals surface area contributed by atoms with Crippen molar-refractivity contribution in [2.75, 3.05) is 11.4 Å². The number of aromatic nitrogens is 2. The van der Waals surface area contributed by atoms with Crippen LogP contribution in [0, 0.1) is 0 Å². The normalized spacial score (nSPS) is 13.9. The first-order valence-electron chi connectivity index (χ1n) is 5.79. The van der Waals surface area contributed by atoms with Crippen LogP contribution in [0.15, 0.2) is 27.6 Å². The molecule has 2 aromatic heterocycles. The first-order chi connectivity index (χ1) is 8.75. The van der Waals surface area contributed by atoms with Gasteiger partial charge in [-0.05, 0) is 39.4 Å². The summed E-state index contributed by atoms with van der Waals surface area (Å²) in [4.78, 5) is 18.2. The second-order valence-corrected chi connectivity index (χ2v) is 6.42. The van der Waals surface area contributed by atoms with Crippen molar-refractivity contribution in [3.05, 3.63) is 33.2 Å². The quantitative estimate of drug-likeness (QED) is 0.870. The second-order valence-electron chi connectivity index (χ2n) is 4.19. The van der Waals surface area contributed by atoms with E-state index in [1.807, 2.05) is 16.1 Å². The molecular formula is C12H12BrN3OS. The molecule has 18 heavy (non-hydrogen) atoms. The van der Waals surface area contributed by atoms with Crippen LogP contribution in [0.5, 0.6) is 0 Å². The van der Waals surface area contributed by atoms with Crippen molar-refractivity contribution in [1.82, 2.24) is 9.55 Å². The summed E-state index contributed by atoms with van der Waals surface area (Å²) in [6, 6.07) is 2.06. The third kappa shape index (κ3) is 2.10. The SMILES string of the molecule is O=C(CCc1ccsc1Br)N1CCn2ccnc21. The summed E-state index contributed by atoms with van der Waals surface area (Å²) in [5.41, 5.74) is 1.20. The van der Waals surface area contributed by atoms with Crippen molar-refractivity contribution in [2.45, 2.75) is 19.4 Å². The van der Waals surface area contributed by atoms with E-state index < -0.39 is 0 Å². The van der Waals surface area contributed by atoms with Crippen molar-refractivity contribution in [2.24, 2.45) is 0 Å². The monoisotopic (exact) mass is 325 g/mol. The number of carbonyl (C=O) groups is 1. The van der Waals surface area contributed by atoms with Gasteiger partial charge in [-0.2, -0.15) is 0 Å². The van der Waals surface area contributed by atoms with E-state index in [4.69, 9.17) is 0 Å². The Morgan fingerprint density at radius 3 is 3.17 bits per heavy atom. The van der Waals surface area contributed by atoms with Gasteiger partial charge in [0, 0.05) is 31.9 Å². The number of anilines is 1. The van der Waals surface area contributed by atoms with E-state index in [2.05, 4.69) is 27.0 Å². The largest absolute Gasteiger partial charge is 0.315 e. The van der Waals surface area contributed by atoms with E-state index in [1.165, 1.54) is 5.56 Å². The number of nitrogens with zero attached hydrogens (tertiary/aromatic N) is 3. The maximum absolute atomic E-state index is 12.2. The molecule has 3 heterocycles. The minimum absolute atomic E-state index is 0.151. The van der Waals surface area contributed by atoms with Crippen molar-refractivity contribution < 1.29 is 4.79 Å². The Balaban J connectivity index is 1.65. The molecule has 1 aliphatic heterocycles. The molecule has 0 bridgehead atoms. The van der Waals surface area contributed by atoms with Crippen LogP contribution in [0.4, 0.5) is 5.95 Å². The second kappa shape index (κ2) is 4.85. The molecule has 0 spiro atoms. The molecule has 1 aliphatic rings. The predicted molar refractivity (Wildman–Crippen MR) is 74.9 cm³/mol. The number of imidazole rings is 1. The minimum atomic E-state index is 0.151. The summed E-state index contributed by atoms with van der Waals surface area (Å²) in [6.45, 7) is 1.59. The number of amides is 1. The molecule has 0 aliphatic carbocycles. The number of rotatable bonds is 3. The average molecular weight is 326 g/mol. The summed E-state index contributed by atoms with van der Waals surface area (Å²) in [6.07, 6.45) is 4.96. The molecular weight excluding hydrogens is 314 g/mol. The summed E-state index contributed by atoms with van der Waals surface area (Å²) in [5, 5.41) is 2.03. The third-order valence-electron chi connectivity index (χ3n) is 3.10. The van der Waals surface area contributed by atoms with Gasteiger partial charge in [0.1, 0.15) is 0 Å². The van der Waals surface area contributed by atoms with Gasteiger partial charge in [-0.1, -0.05) is 0 Å². The third-order valence-corrected chi connectivity index (χ3v) is 4.91. The summed E-state index contributed by atoms with van der Waals surface area (Å²) in [7, 11) is 0. The van der Waals surface area contributed by atoms with E-state index in [-0.39, 0.29) is 5.91 Å². The molecule has 6 heteroatoms. The Labute approximate surface area is 117 Å². The Kier molecular flexibility index (Phi) is 3.22. The standard InChI is InChI=1S/C12H12BrN3OS/c13-11-9(3-8-18-11)1-2-10(17)16-7-6-15-5-4-14-12(15)16/h3-5,8H,1-2,6-7H2. The lowest BCUT2D eigenvalue weighted by atomic mass is 10.2. The van der Waals surface area contributed by atoms with Crippen molar-refractivity contribution in [1.29, 1.82) is 0 Å². The molecule has 0 saturated carbocycles. The van der Waals surface area contributed by atoms with E-state index >= 15 is 0 Å². The van der Waals surface area contributed by atoms with Gasteiger partial charge < -0.3 is 4.57 Å². The van der Waals surface area contributed by atoms with Crippen LogP contribution in [0.2, 0.25) is 0 Å². The smallest absolute Gasteiger partial charge is 0.229 e. The zero-order chi connectivity index (χ0) is 12.5. The Bertz CT molecular complexity index is 577. The fraction of sp³-hybridized carbons (Fsp3) is 0.333. The van der Waals surface area contributed by atoms with E-state index in [0.29, 0.717) is 6.42 Å². The summed E-state index contributed by atoms with van der Waals surface area (Å²) >= 11 is 5.15. The molecule has 0 saturated heterocycles. The number of hydrogen-bond donors (Lipinski definition) is 0. The lowest BCUT2D eigenvalue weighted by Gasteiger charge is -2.13. The van der Waals surface area contributed by atoms with Crippen molar-refractivity contribution in [3.8, 4) is 0 Å². The molecule has 0 atom stereocenters. The molecule has 0 fully saturated rings. The first kappa shape index (κ1) is 11.9. The molecule has 0 unspecified atom stereocenters. The highest BCUT2D eigenvalue weighted by Crippen LogP contribution is 2.25.